The SMILES string of the molecule is CCOC(=O)c1sc2nc(C)cc(C)c2c1NC(=O)c1ccccc1S(C)(=O)=O. The summed E-state index contributed by atoms with van der Waals surface area (Å²) in [5.41, 5.74) is 1.90. The van der Waals surface area contributed by atoms with Crippen LogP contribution in [0.15, 0.2) is 35.2 Å². The van der Waals surface area contributed by atoms with E-state index in [1.807, 2.05) is 19.9 Å². The topological polar surface area (TPSA) is 102 Å². The lowest BCUT2D eigenvalue weighted by molar-refractivity contribution is 0.0533. The van der Waals surface area contributed by atoms with Gasteiger partial charge in [-0.15, -0.1) is 11.3 Å². The Hall–Kier alpha value is -2.78. The molecule has 0 radical (unpaired) electrons. The average molecular weight is 433 g/mol. The van der Waals surface area contributed by atoms with Crippen molar-refractivity contribution in [2.45, 2.75) is 25.7 Å². The Balaban J connectivity index is 2.16. The van der Waals surface area contributed by atoms with E-state index in [0.717, 1.165) is 28.8 Å². The number of hydrogen-bond donors (Lipinski definition) is 1. The molecular weight excluding hydrogens is 412 g/mol. The van der Waals surface area contributed by atoms with Gasteiger partial charge in [0.15, 0.2) is 9.84 Å². The predicted molar refractivity (Wildman–Crippen MR) is 113 cm³/mol. The van der Waals surface area contributed by atoms with Gasteiger partial charge in [0.25, 0.3) is 5.91 Å². The highest BCUT2D eigenvalue weighted by molar-refractivity contribution is 7.90. The quantitative estimate of drug-likeness (QED) is 0.616. The van der Waals surface area contributed by atoms with E-state index in [4.69, 9.17) is 4.74 Å². The highest BCUT2D eigenvalue weighted by Gasteiger charge is 2.25. The molecule has 0 bridgehead atoms. The molecule has 1 aromatic carbocycles. The van der Waals surface area contributed by atoms with Crippen LogP contribution in [0.5, 0.6) is 0 Å². The van der Waals surface area contributed by atoms with Gasteiger partial charge in [-0.1, -0.05) is 12.1 Å². The standard InChI is InChI=1S/C20H20N2O5S2/c1-5-27-20(24)17-16(15-11(2)10-12(3)21-19(15)28-17)22-18(23)13-8-6-7-9-14(13)29(4,25)26/h6-10H,5H2,1-4H3,(H,22,23). The van der Waals surface area contributed by atoms with Crippen molar-refractivity contribution >= 4 is 49.0 Å². The van der Waals surface area contributed by atoms with Gasteiger partial charge in [0.1, 0.15) is 9.71 Å². The van der Waals surface area contributed by atoms with Gasteiger partial charge in [-0.25, -0.2) is 18.2 Å². The zero-order valence-corrected chi connectivity index (χ0v) is 18.0. The van der Waals surface area contributed by atoms with Crippen molar-refractivity contribution in [2.75, 3.05) is 18.2 Å². The molecule has 0 spiro atoms. The molecule has 0 aliphatic heterocycles. The number of fused-ring (bicyclic) bond motifs is 1. The molecule has 0 aliphatic rings. The van der Waals surface area contributed by atoms with Crippen molar-refractivity contribution in [1.29, 1.82) is 0 Å². The minimum absolute atomic E-state index is 0.00174. The molecule has 0 saturated heterocycles. The molecule has 2 heterocycles. The lowest BCUT2D eigenvalue weighted by Gasteiger charge is -2.11. The van der Waals surface area contributed by atoms with Crippen LogP contribution < -0.4 is 5.32 Å². The Labute approximate surface area is 172 Å². The third kappa shape index (κ3) is 4.15. The summed E-state index contributed by atoms with van der Waals surface area (Å²) in [5, 5.41) is 3.36. The number of sulfone groups is 1. The molecule has 7 nitrogen and oxygen atoms in total. The van der Waals surface area contributed by atoms with Crippen LogP contribution in [-0.2, 0) is 14.6 Å². The fourth-order valence-electron chi connectivity index (χ4n) is 3.06. The molecule has 0 saturated carbocycles. The molecule has 0 unspecified atom stereocenters. The van der Waals surface area contributed by atoms with Crippen LogP contribution in [0, 0.1) is 13.8 Å². The second-order valence-corrected chi connectivity index (χ2v) is 9.49. The summed E-state index contributed by atoms with van der Waals surface area (Å²) < 4.78 is 29.3. The Bertz CT molecular complexity index is 1230. The number of thiophene rings is 1. The smallest absolute Gasteiger partial charge is 0.350 e. The summed E-state index contributed by atoms with van der Waals surface area (Å²) in [7, 11) is -3.61. The number of carbonyl (C=O) groups excluding carboxylic acids is 2. The van der Waals surface area contributed by atoms with Crippen LogP contribution in [0.2, 0.25) is 0 Å². The number of amides is 1. The van der Waals surface area contributed by atoms with Crippen molar-refractivity contribution in [3.63, 3.8) is 0 Å². The van der Waals surface area contributed by atoms with E-state index in [-0.39, 0.29) is 27.6 Å². The maximum atomic E-state index is 13.0. The number of ether oxygens (including phenoxy) is 1. The molecule has 29 heavy (non-hydrogen) atoms. The first-order valence-electron chi connectivity index (χ1n) is 8.81. The van der Waals surface area contributed by atoms with Gasteiger partial charge in [0.2, 0.25) is 0 Å². The van der Waals surface area contributed by atoms with Gasteiger partial charge >= 0.3 is 5.97 Å². The molecule has 0 atom stereocenters. The first-order chi connectivity index (χ1) is 13.6. The van der Waals surface area contributed by atoms with Gasteiger partial charge in [-0.3, -0.25) is 4.79 Å². The lowest BCUT2D eigenvalue weighted by Crippen LogP contribution is -2.17. The van der Waals surface area contributed by atoms with Crippen LogP contribution >= 0.6 is 11.3 Å². The van der Waals surface area contributed by atoms with Crippen molar-refractivity contribution in [3.05, 3.63) is 52.0 Å². The lowest BCUT2D eigenvalue weighted by atomic mass is 10.1. The molecule has 1 N–H and O–H groups in total. The van der Waals surface area contributed by atoms with E-state index >= 15 is 0 Å². The van der Waals surface area contributed by atoms with Crippen molar-refractivity contribution in [1.82, 2.24) is 4.98 Å². The monoisotopic (exact) mass is 432 g/mol. The molecule has 2 aromatic heterocycles. The number of nitrogens with one attached hydrogen (secondary N) is 1. The van der Waals surface area contributed by atoms with Crippen LogP contribution in [0.3, 0.4) is 0 Å². The van der Waals surface area contributed by atoms with Crippen molar-refractivity contribution < 1.29 is 22.7 Å². The second kappa shape index (κ2) is 7.92. The maximum Gasteiger partial charge on any atom is 0.350 e. The normalized spacial score (nSPS) is 11.4. The first-order valence-corrected chi connectivity index (χ1v) is 11.5. The molecule has 0 aliphatic carbocycles. The zero-order chi connectivity index (χ0) is 21.3. The Kier molecular flexibility index (Phi) is 5.72. The van der Waals surface area contributed by atoms with Gasteiger partial charge in [-0.2, -0.15) is 0 Å². The number of pyridine rings is 1. The van der Waals surface area contributed by atoms with Crippen LogP contribution in [0.1, 0.15) is 38.2 Å². The Morgan fingerprint density at radius 2 is 1.90 bits per heavy atom. The molecule has 9 heteroatoms. The molecule has 0 fully saturated rings. The fraction of sp³-hybridized carbons (Fsp3) is 0.250. The van der Waals surface area contributed by atoms with Crippen LogP contribution in [-0.4, -0.2) is 38.1 Å². The van der Waals surface area contributed by atoms with Crippen LogP contribution in [0.4, 0.5) is 5.69 Å². The van der Waals surface area contributed by atoms with Gasteiger partial charge in [-0.05, 0) is 44.5 Å². The number of aryl methyl sites for hydroxylation is 2. The van der Waals surface area contributed by atoms with E-state index in [1.165, 1.54) is 12.1 Å². The van der Waals surface area contributed by atoms with Crippen molar-refractivity contribution in [3.8, 4) is 0 Å². The Morgan fingerprint density at radius 1 is 1.21 bits per heavy atom. The van der Waals surface area contributed by atoms with Gasteiger partial charge in [0.05, 0.1) is 22.8 Å². The number of rotatable bonds is 5. The largest absolute Gasteiger partial charge is 0.462 e. The second-order valence-electron chi connectivity index (χ2n) is 6.51. The molecular formula is C20H20N2O5S2. The number of nitrogens with zero attached hydrogens (tertiary/aromatic N) is 1. The average Bonchev–Trinajstić information content (AvgIpc) is 2.99. The molecule has 1 amide bonds. The summed E-state index contributed by atoms with van der Waals surface area (Å²) in [6.07, 6.45) is 1.04. The van der Waals surface area contributed by atoms with E-state index < -0.39 is 21.7 Å². The minimum atomic E-state index is -3.61. The number of benzene rings is 1. The maximum absolute atomic E-state index is 13.0. The van der Waals surface area contributed by atoms with Crippen LogP contribution in [0.25, 0.3) is 10.2 Å². The summed E-state index contributed by atoms with van der Waals surface area (Å²) in [5.74, 6) is -1.20. The predicted octanol–water partition coefficient (Wildman–Crippen LogP) is 3.75. The van der Waals surface area contributed by atoms with Gasteiger partial charge in [0, 0.05) is 17.3 Å². The number of anilines is 1. The Morgan fingerprint density at radius 3 is 2.55 bits per heavy atom. The molecule has 152 valence electrons. The third-order valence-corrected chi connectivity index (χ3v) is 6.44. The highest BCUT2D eigenvalue weighted by atomic mass is 32.2. The number of aromatic nitrogens is 1. The minimum Gasteiger partial charge on any atom is -0.462 e. The number of carbonyl (C=O) groups is 2. The van der Waals surface area contributed by atoms with E-state index in [0.29, 0.717) is 10.2 Å². The summed E-state index contributed by atoms with van der Waals surface area (Å²) in [6, 6.07) is 7.79. The summed E-state index contributed by atoms with van der Waals surface area (Å²) in [4.78, 5) is 30.7. The van der Waals surface area contributed by atoms with E-state index in [1.54, 1.807) is 19.1 Å². The van der Waals surface area contributed by atoms with Gasteiger partial charge < -0.3 is 10.1 Å². The molecule has 3 aromatic rings. The number of esters is 1. The first kappa shape index (κ1) is 20.9. The van der Waals surface area contributed by atoms with E-state index in [2.05, 4.69) is 10.3 Å². The fourth-order valence-corrected chi connectivity index (χ4v) is 5.09. The third-order valence-electron chi connectivity index (χ3n) is 4.22. The van der Waals surface area contributed by atoms with Crippen molar-refractivity contribution in [2.24, 2.45) is 0 Å². The number of hydrogen-bond acceptors (Lipinski definition) is 7. The van der Waals surface area contributed by atoms with E-state index in [9.17, 15) is 18.0 Å². The summed E-state index contributed by atoms with van der Waals surface area (Å²) >= 11 is 1.13. The molecule has 3 rings (SSSR count). The summed E-state index contributed by atoms with van der Waals surface area (Å²) in [6.45, 7) is 5.58. The zero-order valence-electron chi connectivity index (χ0n) is 16.4. The highest BCUT2D eigenvalue weighted by Crippen LogP contribution is 2.38.